The molecule has 0 saturated heterocycles. The molecular formula is C27H28N2O8S. The summed E-state index contributed by atoms with van der Waals surface area (Å²) in [4.78, 5) is 26.6. The highest BCUT2D eigenvalue weighted by atomic mass is 32.2. The summed E-state index contributed by atoms with van der Waals surface area (Å²) < 4.78 is 49.9. The maximum atomic E-state index is 13.1. The maximum Gasteiger partial charge on any atom is 0.348 e. The van der Waals surface area contributed by atoms with E-state index in [1.165, 1.54) is 30.2 Å². The molecule has 0 spiro atoms. The minimum Gasteiger partial charge on any atom is -0.494 e. The molecule has 1 aliphatic heterocycles. The van der Waals surface area contributed by atoms with Gasteiger partial charge in [0.1, 0.15) is 17.2 Å². The fourth-order valence-electron chi connectivity index (χ4n) is 3.89. The molecule has 1 N–H and O–H groups in total. The van der Waals surface area contributed by atoms with Crippen molar-refractivity contribution in [1.82, 2.24) is 0 Å². The second kappa shape index (κ2) is 11.4. The number of nitrogens with zero attached hydrogens (tertiary/aromatic N) is 1. The van der Waals surface area contributed by atoms with Gasteiger partial charge < -0.3 is 23.8 Å². The molecule has 1 amide bonds. The Kier molecular flexibility index (Phi) is 8.06. The Bertz CT molecular complexity index is 1420. The number of amides is 1. The number of sulfonamides is 1. The third kappa shape index (κ3) is 6.00. The van der Waals surface area contributed by atoms with Crippen molar-refractivity contribution < 1.29 is 37.0 Å². The van der Waals surface area contributed by atoms with Crippen LogP contribution in [0.4, 0.5) is 11.4 Å². The van der Waals surface area contributed by atoms with Crippen LogP contribution >= 0.6 is 0 Å². The number of methoxy groups -OCH3 is 1. The van der Waals surface area contributed by atoms with Crippen LogP contribution in [0.1, 0.15) is 12.5 Å². The van der Waals surface area contributed by atoms with Crippen LogP contribution in [0.25, 0.3) is 0 Å². The summed E-state index contributed by atoms with van der Waals surface area (Å²) in [6.45, 7) is 3.70. The fraction of sp³-hybridized carbons (Fsp3) is 0.259. The number of benzene rings is 3. The lowest BCUT2D eigenvalue weighted by Gasteiger charge is -2.33. The fourth-order valence-corrected chi connectivity index (χ4v) is 5.04. The predicted octanol–water partition coefficient (Wildman–Crippen LogP) is 3.54. The first-order valence-electron chi connectivity index (χ1n) is 11.8. The molecule has 1 heterocycles. The Morgan fingerprint density at radius 1 is 1.05 bits per heavy atom. The monoisotopic (exact) mass is 540 g/mol. The van der Waals surface area contributed by atoms with E-state index in [9.17, 15) is 18.0 Å². The van der Waals surface area contributed by atoms with Gasteiger partial charge in [0.05, 0.1) is 30.8 Å². The van der Waals surface area contributed by atoms with Crippen LogP contribution in [0.2, 0.25) is 0 Å². The van der Waals surface area contributed by atoms with E-state index in [4.69, 9.17) is 18.9 Å². The van der Waals surface area contributed by atoms with Gasteiger partial charge >= 0.3 is 5.97 Å². The largest absolute Gasteiger partial charge is 0.494 e. The normalized spacial score (nSPS) is 14.6. The summed E-state index contributed by atoms with van der Waals surface area (Å²) in [5.41, 5.74) is 1.44. The van der Waals surface area contributed by atoms with Gasteiger partial charge in [-0.15, -0.1) is 0 Å². The van der Waals surface area contributed by atoms with Gasteiger partial charge in [0.15, 0.2) is 6.61 Å². The smallest absolute Gasteiger partial charge is 0.348 e. The topological polar surface area (TPSA) is 120 Å². The van der Waals surface area contributed by atoms with E-state index in [2.05, 4.69) is 4.72 Å². The number of carbonyl (C=O) groups excluding carboxylic acids is 2. The Morgan fingerprint density at radius 3 is 2.47 bits per heavy atom. The molecule has 0 bridgehead atoms. The van der Waals surface area contributed by atoms with Crippen molar-refractivity contribution in [3.8, 4) is 17.2 Å². The number of aryl methyl sites for hydroxylation is 1. The summed E-state index contributed by atoms with van der Waals surface area (Å²) in [5, 5.41) is 0. The van der Waals surface area contributed by atoms with Gasteiger partial charge in [-0.25, -0.2) is 13.2 Å². The quantitative estimate of drug-likeness (QED) is 0.409. The molecule has 0 aromatic heterocycles. The highest BCUT2D eigenvalue weighted by Crippen LogP contribution is 2.33. The molecule has 3 aromatic rings. The molecule has 3 aromatic carbocycles. The molecule has 0 fully saturated rings. The zero-order valence-electron chi connectivity index (χ0n) is 21.2. The second-order valence-electron chi connectivity index (χ2n) is 8.38. The lowest BCUT2D eigenvalue weighted by atomic mass is 10.2. The van der Waals surface area contributed by atoms with Gasteiger partial charge in [-0.1, -0.05) is 12.1 Å². The lowest BCUT2D eigenvalue weighted by Crippen LogP contribution is -2.48. The number of nitrogens with one attached hydrogen (secondary N) is 1. The zero-order chi connectivity index (χ0) is 27.3. The standard InChI is InChI=1S/C27H28N2O8S/c1-4-35-20-11-9-19(10-12-20)28-38(32,33)21-13-14-23(18(2)15-21)36-17-26(30)29-16-25(27(31)34-3)37-24-8-6-5-7-22(24)29/h5-15,25,28H,4,16-17H2,1-3H3/t25-/m0/s1. The van der Waals surface area contributed by atoms with E-state index in [1.54, 1.807) is 55.5 Å². The predicted molar refractivity (Wildman–Crippen MR) is 140 cm³/mol. The molecule has 0 radical (unpaired) electrons. The maximum absolute atomic E-state index is 13.1. The Labute approximate surface area is 221 Å². The molecular weight excluding hydrogens is 512 g/mol. The van der Waals surface area contributed by atoms with Crippen molar-refractivity contribution in [2.75, 3.05) is 36.5 Å². The molecule has 11 heteroatoms. The molecule has 200 valence electrons. The summed E-state index contributed by atoms with van der Waals surface area (Å²) in [6.07, 6.45) is -0.965. The third-order valence-electron chi connectivity index (χ3n) is 5.76. The third-order valence-corrected chi connectivity index (χ3v) is 7.14. The Balaban J connectivity index is 1.44. The van der Waals surface area contributed by atoms with E-state index in [0.717, 1.165) is 0 Å². The number of rotatable bonds is 9. The first kappa shape index (κ1) is 26.8. The van der Waals surface area contributed by atoms with Crippen molar-refractivity contribution in [3.05, 3.63) is 72.3 Å². The number of para-hydroxylation sites is 2. The average Bonchev–Trinajstić information content (AvgIpc) is 2.92. The van der Waals surface area contributed by atoms with E-state index in [1.807, 2.05) is 6.92 Å². The van der Waals surface area contributed by atoms with Gasteiger partial charge in [0, 0.05) is 5.69 Å². The summed E-state index contributed by atoms with van der Waals surface area (Å²) >= 11 is 0. The molecule has 38 heavy (non-hydrogen) atoms. The van der Waals surface area contributed by atoms with Crippen LogP contribution < -0.4 is 23.8 Å². The minimum atomic E-state index is -3.86. The highest BCUT2D eigenvalue weighted by Gasteiger charge is 2.34. The molecule has 0 saturated carbocycles. The van der Waals surface area contributed by atoms with Crippen molar-refractivity contribution in [2.24, 2.45) is 0 Å². The molecule has 0 aliphatic carbocycles. The molecule has 1 aliphatic rings. The minimum absolute atomic E-state index is 0.0285. The van der Waals surface area contributed by atoms with E-state index in [-0.39, 0.29) is 18.0 Å². The van der Waals surface area contributed by atoms with Gasteiger partial charge in [-0.2, -0.15) is 0 Å². The van der Waals surface area contributed by atoms with Gasteiger partial charge in [0.25, 0.3) is 15.9 Å². The summed E-state index contributed by atoms with van der Waals surface area (Å²) in [7, 11) is -2.60. The van der Waals surface area contributed by atoms with Gasteiger partial charge in [-0.3, -0.25) is 9.52 Å². The zero-order valence-corrected chi connectivity index (χ0v) is 22.0. The average molecular weight is 541 g/mol. The van der Waals surface area contributed by atoms with Crippen LogP contribution in [0.15, 0.2) is 71.6 Å². The van der Waals surface area contributed by atoms with Crippen molar-refractivity contribution in [3.63, 3.8) is 0 Å². The van der Waals surface area contributed by atoms with Gasteiger partial charge in [0.2, 0.25) is 6.10 Å². The first-order chi connectivity index (χ1) is 18.2. The number of hydrogen-bond donors (Lipinski definition) is 1. The van der Waals surface area contributed by atoms with Crippen LogP contribution in [-0.4, -0.2) is 53.3 Å². The van der Waals surface area contributed by atoms with Crippen molar-refractivity contribution >= 4 is 33.3 Å². The number of hydrogen-bond acceptors (Lipinski definition) is 8. The van der Waals surface area contributed by atoms with Crippen LogP contribution in [0.5, 0.6) is 17.2 Å². The van der Waals surface area contributed by atoms with E-state index >= 15 is 0 Å². The van der Waals surface area contributed by atoms with Crippen LogP contribution in [0, 0.1) is 6.92 Å². The van der Waals surface area contributed by atoms with Crippen LogP contribution in [-0.2, 0) is 24.3 Å². The molecule has 10 nitrogen and oxygen atoms in total. The Hall–Kier alpha value is -4.25. The number of ether oxygens (including phenoxy) is 4. The highest BCUT2D eigenvalue weighted by molar-refractivity contribution is 7.92. The SMILES string of the molecule is CCOc1ccc(NS(=O)(=O)c2ccc(OCC(=O)N3C[C@@H](C(=O)OC)Oc4ccccc43)c(C)c2)cc1. The van der Waals surface area contributed by atoms with Crippen molar-refractivity contribution in [2.45, 2.75) is 24.8 Å². The number of esters is 1. The lowest BCUT2D eigenvalue weighted by molar-refractivity contribution is -0.148. The van der Waals surface area contributed by atoms with Crippen molar-refractivity contribution in [1.29, 1.82) is 0 Å². The first-order valence-corrected chi connectivity index (χ1v) is 13.3. The molecule has 4 rings (SSSR count). The second-order valence-corrected chi connectivity index (χ2v) is 10.1. The summed E-state index contributed by atoms with van der Waals surface area (Å²) in [5.74, 6) is 0.383. The molecule has 1 atom stereocenters. The van der Waals surface area contributed by atoms with Crippen LogP contribution in [0.3, 0.4) is 0 Å². The number of carbonyl (C=O) groups is 2. The number of fused-ring (bicyclic) bond motifs is 1. The van der Waals surface area contributed by atoms with Gasteiger partial charge in [-0.05, 0) is 74.0 Å². The number of anilines is 2. The van der Waals surface area contributed by atoms with E-state index in [0.29, 0.717) is 40.8 Å². The summed E-state index contributed by atoms with van der Waals surface area (Å²) in [6, 6.07) is 17.8. The Morgan fingerprint density at radius 2 is 1.79 bits per heavy atom. The van der Waals surface area contributed by atoms with E-state index < -0.39 is 28.0 Å². The molecule has 0 unspecified atom stereocenters.